The van der Waals surface area contributed by atoms with E-state index in [1.54, 1.807) is 30.5 Å². The molecular formula is C12H11N5O2. The summed E-state index contributed by atoms with van der Waals surface area (Å²) in [6, 6.07) is 6.64. The summed E-state index contributed by atoms with van der Waals surface area (Å²) < 4.78 is 0. The van der Waals surface area contributed by atoms with E-state index in [2.05, 4.69) is 20.3 Å². The van der Waals surface area contributed by atoms with Gasteiger partial charge in [0.2, 0.25) is 0 Å². The Morgan fingerprint density at radius 3 is 2.68 bits per heavy atom. The van der Waals surface area contributed by atoms with Crippen LogP contribution >= 0.6 is 0 Å². The third-order valence-electron chi connectivity index (χ3n) is 2.72. The van der Waals surface area contributed by atoms with Crippen molar-refractivity contribution in [2.24, 2.45) is 0 Å². The Labute approximate surface area is 106 Å². The van der Waals surface area contributed by atoms with Crippen LogP contribution < -0.4 is 16.7 Å². The fourth-order valence-corrected chi connectivity index (χ4v) is 1.85. The van der Waals surface area contributed by atoms with Crippen molar-refractivity contribution in [3.8, 4) is 0 Å². The van der Waals surface area contributed by atoms with E-state index in [0.717, 1.165) is 0 Å². The molecule has 0 saturated carbocycles. The molecule has 7 heteroatoms. The van der Waals surface area contributed by atoms with Crippen molar-refractivity contribution in [3.63, 3.8) is 0 Å². The number of anilines is 2. The molecule has 2 aromatic heterocycles. The maximum atomic E-state index is 11.9. The van der Waals surface area contributed by atoms with Gasteiger partial charge in [-0.25, -0.2) is 4.79 Å². The Kier molecular flexibility index (Phi) is 2.38. The monoisotopic (exact) mass is 257 g/mol. The highest BCUT2D eigenvalue weighted by Gasteiger charge is 2.08. The van der Waals surface area contributed by atoms with Crippen LogP contribution in [0.5, 0.6) is 0 Å². The van der Waals surface area contributed by atoms with Gasteiger partial charge in [0.25, 0.3) is 5.91 Å². The minimum Gasteiger partial charge on any atom is -0.397 e. The van der Waals surface area contributed by atoms with Gasteiger partial charge in [-0.15, -0.1) is 0 Å². The van der Waals surface area contributed by atoms with Gasteiger partial charge >= 0.3 is 5.69 Å². The molecule has 0 aliphatic carbocycles. The van der Waals surface area contributed by atoms with Crippen LogP contribution in [0.4, 0.5) is 11.4 Å². The molecule has 0 atom stereocenters. The Bertz CT molecular complexity index is 811. The molecule has 3 rings (SSSR count). The smallest absolute Gasteiger partial charge is 0.323 e. The molecule has 19 heavy (non-hydrogen) atoms. The van der Waals surface area contributed by atoms with Crippen molar-refractivity contribution in [2.45, 2.75) is 0 Å². The molecule has 1 aromatic carbocycles. The van der Waals surface area contributed by atoms with Gasteiger partial charge in [0.1, 0.15) is 5.69 Å². The standard InChI is InChI=1S/C12H11N5O2/c13-6-3-10(14-5-6)11(18)15-7-1-2-8-9(4-7)17-12(19)16-8/h1-5,14H,13H2,(H,15,18)(H2,16,17,19). The first-order valence-corrected chi connectivity index (χ1v) is 5.59. The largest absolute Gasteiger partial charge is 0.397 e. The molecular weight excluding hydrogens is 246 g/mol. The molecule has 0 aliphatic rings. The summed E-state index contributed by atoms with van der Waals surface area (Å²) in [5.41, 5.74) is 8.03. The number of hydrogen-bond donors (Lipinski definition) is 5. The number of nitrogens with one attached hydrogen (secondary N) is 4. The zero-order chi connectivity index (χ0) is 13.4. The van der Waals surface area contributed by atoms with Crippen molar-refractivity contribution in [2.75, 3.05) is 11.1 Å². The number of hydrogen-bond acceptors (Lipinski definition) is 3. The lowest BCUT2D eigenvalue weighted by Gasteiger charge is -2.03. The van der Waals surface area contributed by atoms with E-state index in [1.165, 1.54) is 0 Å². The van der Waals surface area contributed by atoms with Gasteiger partial charge in [-0.1, -0.05) is 0 Å². The predicted octanol–water partition coefficient (Wildman–Crippen LogP) is 1.02. The molecule has 0 spiro atoms. The van der Waals surface area contributed by atoms with Crippen LogP contribution in [0.1, 0.15) is 10.5 Å². The lowest BCUT2D eigenvalue weighted by molar-refractivity contribution is 0.102. The number of fused-ring (bicyclic) bond motifs is 1. The van der Waals surface area contributed by atoms with Crippen molar-refractivity contribution in [3.05, 3.63) is 46.6 Å². The van der Waals surface area contributed by atoms with Crippen LogP contribution in [-0.4, -0.2) is 20.9 Å². The van der Waals surface area contributed by atoms with Crippen LogP contribution in [0, 0.1) is 0 Å². The number of nitrogens with two attached hydrogens (primary N) is 1. The molecule has 1 amide bonds. The first kappa shape index (κ1) is 11.1. The highest BCUT2D eigenvalue weighted by atomic mass is 16.2. The Hall–Kier alpha value is -2.96. The predicted molar refractivity (Wildman–Crippen MR) is 72.1 cm³/mol. The minimum absolute atomic E-state index is 0.282. The van der Waals surface area contributed by atoms with Crippen LogP contribution in [0.3, 0.4) is 0 Å². The zero-order valence-electron chi connectivity index (χ0n) is 9.78. The van der Waals surface area contributed by atoms with E-state index in [0.29, 0.717) is 28.1 Å². The van der Waals surface area contributed by atoms with Crippen molar-refractivity contribution in [1.29, 1.82) is 0 Å². The van der Waals surface area contributed by atoms with Crippen molar-refractivity contribution >= 4 is 28.3 Å². The third-order valence-corrected chi connectivity index (χ3v) is 2.72. The Morgan fingerprint density at radius 1 is 1.16 bits per heavy atom. The number of carbonyl (C=O) groups is 1. The number of aromatic nitrogens is 3. The number of imidazole rings is 1. The summed E-state index contributed by atoms with van der Waals surface area (Å²) >= 11 is 0. The highest BCUT2D eigenvalue weighted by molar-refractivity contribution is 6.04. The van der Waals surface area contributed by atoms with E-state index in [4.69, 9.17) is 5.73 Å². The summed E-state index contributed by atoms with van der Waals surface area (Å²) in [6.45, 7) is 0. The first-order chi connectivity index (χ1) is 9.11. The van der Waals surface area contributed by atoms with Crippen LogP contribution in [0.25, 0.3) is 11.0 Å². The maximum Gasteiger partial charge on any atom is 0.323 e. The molecule has 2 heterocycles. The van der Waals surface area contributed by atoms with Gasteiger partial charge in [0, 0.05) is 17.6 Å². The maximum absolute atomic E-state index is 11.9. The molecule has 0 bridgehead atoms. The molecule has 0 saturated heterocycles. The lowest BCUT2D eigenvalue weighted by Crippen LogP contribution is -2.12. The fourth-order valence-electron chi connectivity index (χ4n) is 1.85. The molecule has 0 aliphatic heterocycles. The minimum atomic E-state index is -0.297. The average molecular weight is 257 g/mol. The summed E-state index contributed by atoms with van der Waals surface area (Å²) in [5, 5.41) is 2.71. The summed E-state index contributed by atoms with van der Waals surface area (Å²) in [7, 11) is 0. The molecule has 0 unspecified atom stereocenters. The molecule has 0 fully saturated rings. The second kappa shape index (κ2) is 4.05. The van der Waals surface area contributed by atoms with Gasteiger partial charge < -0.3 is 26.0 Å². The molecule has 3 aromatic rings. The van der Waals surface area contributed by atoms with E-state index in [9.17, 15) is 9.59 Å². The van der Waals surface area contributed by atoms with Crippen LogP contribution in [0.2, 0.25) is 0 Å². The lowest BCUT2D eigenvalue weighted by atomic mass is 10.2. The quantitative estimate of drug-likeness (QED) is 0.471. The number of aromatic amines is 3. The fraction of sp³-hybridized carbons (Fsp3) is 0. The zero-order valence-corrected chi connectivity index (χ0v) is 9.78. The second-order valence-electron chi connectivity index (χ2n) is 4.14. The average Bonchev–Trinajstić information content (AvgIpc) is 2.93. The number of carbonyl (C=O) groups excluding carboxylic acids is 1. The van der Waals surface area contributed by atoms with E-state index < -0.39 is 0 Å². The topological polar surface area (TPSA) is 120 Å². The number of rotatable bonds is 2. The van der Waals surface area contributed by atoms with Crippen molar-refractivity contribution < 1.29 is 4.79 Å². The molecule has 6 N–H and O–H groups in total. The SMILES string of the molecule is Nc1c[nH]c(C(=O)Nc2ccc3[nH]c(=O)[nH]c3c2)c1. The van der Waals surface area contributed by atoms with E-state index >= 15 is 0 Å². The van der Waals surface area contributed by atoms with Crippen molar-refractivity contribution in [1.82, 2.24) is 15.0 Å². The second-order valence-corrected chi connectivity index (χ2v) is 4.14. The van der Waals surface area contributed by atoms with Crippen LogP contribution in [-0.2, 0) is 0 Å². The van der Waals surface area contributed by atoms with Crippen LogP contribution in [0.15, 0.2) is 35.3 Å². The summed E-state index contributed by atoms with van der Waals surface area (Å²) in [5.74, 6) is -0.297. The normalized spacial score (nSPS) is 10.7. The number of H-pyrrole nitrogens is 3. The van der Waals surface area contributed by atoms with Gasteiger partial charge in [0.15, 0.2) is 0 Å². The van der Waals surface area contributed by atoms with Gasteiger partial charge in [0.05, 0.1) is 11.0 Å². The molecule has 7 nitrogen and oxygen atoms in total. The number of nitrogen functional groups attached to an aromatic ring is 1. The highest BCUT2D eigenvalue weighted by Crippen LogP contribution is 2.15. The Morgan fingerprint density at radius 2 is 1.95 bits per heavy atom. The summed E-state index contributed by atoms with van der Waals surface area (Å²) in [4.78, 5) is 31.0. The Balaban J connectivity index is 1.88. The van der Waals surface area contributed by atoms with Gasteiger partial charge in [-0.3, -0.25) is 4.79 Å². The van der Waals surface area contributed by atoms with E-state index in [1.807, 2.05) is 0 Å². The summed E-state index contributed by atoms with van der Waals surface area (Å²) in [6.07, 6.45) is 1.54. The van der Waals surface area contributed by atoms with Gasteiger partial charge in [-0.2, -0.15) is 0 Å². The van der Waals surface area contributed by atoms with Gasteiger partial charge in [-0.05, 0) is 24.3 Å². The van der Waals surface area contributed by atoms with E-state index in [-0.39, 0.29) is 11.6 Å². The molecule has 96 valence electrons. The molecule has 0 radical (unpaired) electrons. The number of amides is 1. The first-order valence-electron chi connectivity index (χ1n) is 5.59. The number of benzene rings is 1. The third kappa shape index (κ3) is 2.08.